The smallest absolute Gasteiger partial charge is 0.132 e. The lowest BCUT2D eigenvalue weighted by molar-refractivity contribution is 0.214. The van der Waals surface area contributed by atoms with Gasteiger partial charge in [0.05, 0.1) is 0 Å². The van der Waals surface area contributed by atoms with E-state index in [2.05, 4.69) is 22.6 Å². The van der Waals surface area contributed by atoms with Gasteiger partial charge in [-0.25, -0.2) is 8.78 Å². The molecule has 0 saturated heterocycles. The summed E-state index contributed by atoms with van der Waals surface area (Å²) in [5.74, 6) is -1.39. The average Bonchev–Trinajstić information content (AvgIpc) is 2.29. The van der Waals surface area contributed by atoms with E-state index in [-0.39, 0.29) is 5.56 Å². The third-order valence-corrected chi connectivity index (χ3v) is 3.44. The zero-order chi connectivity index (χ0) is 12.4. The van der Waals surface area contributed by atoms with E-state index in [0.717, 1.165) is 15.7 Å². The summed E-state index contributed by atoms with van der Waals surface area (Å²) < 4.78 is 27.1. The molecular weight excluding hydrogens is 337 g/mol. The van der Waals surface area contributed by atoms with Crippen molar-refractivity contribution in [3.05, 3.63) is 68.8 Å². The number of rotatable bonds is 2. The number of hydrogen-bond acceptors (Lipinski definition) is 1. The zero-order valence-electron chi connectivity index (χ0n) is 8.70. The summed E-state index contributed by atoms with van der Waals surface area (Å²) in [5, 5.41) is 10.1. The van der Waals surface area contributed by atoms with Crippen LogP contribution in [0.4, 0.5) is 8.78 Å². The van der Waals surface area contributed by atoms with Crippen molar-refractivity contribution in [2.45, 2.75) is 6.10 Å². The molecule has 2 aromatic rings. The van der Waals surface area contributed by atoms with Gasteiger partial charge in [0.1, 0.15) is 17.7 Å². The van der Waals surface area contributed by atoms with Gasteiger partial charge in [-0.05, 0) is 40.3 Å². The molecule has 0 spiro atoms. The standard InChI is InChI=1S/C13H9F2IO/c14-8-5-6-9(11(15)7-8)13(17)10-3-1-2-4-12(10)16/h1-7,13,17H. The summed E-state index contributed by atoms with van der Waals surface area (Å²) in [7, 11) is 0. The summed E-state index contributed by atoms with van der Waals surface area (Å²) in [6.45, 7) is 0. The predicted molar refractivity (Wildman–Crippen MR) is 69.6 cm³/mol. The molecule has 0 radical (unpaired) electrons. The lowest BCUT2D eigenvalue weighted by atomic mass is 10.0. The fourth-order valence-electron chi connectivity index (χ4n) is 1.59. The van der Waals surface area contributed by atoms with Crippen molar-refractivity contribution >= 4 is 22.6 Å². The second kappa shape index (κ2) is 5.10. The van der Waals surface area contributed by atoms with E-state index in [4.69, 9.17) is 0 Å². The van der Waals surface area contributed by atoms with Gasteiger partial charge >= 0.3 is 0 Å². The van der Waals surface area contributed by atoms with Crippen LogP contribution in [0.1, 0.15) is 17.2 Å². The molecule has 0 aromatic heterocycles. The Hall–Kier alpha value is -1.01. The molecule has 0 bridgehead atoms. The maximum atomic E-state index is 13.5. The van der Waals surface area contributed by atoms with E-state index in [0.29, 0.717) is 5.56 Å². The first-order valence-corrected chi connectivity index (χ1v) is 6.05. The number of hydrogen-bond donors (Lipinski definition) is 1. The molecule has 2 rings (SSSR count). The van der Waals surface area contributed by atoms with E-state index in [1.54, 1.807) is 12.1 Å². The summed E-state index contributed by atoms with van der Waals surface area (Å²) in [5.41, 5.74) is 0.689. The van der Waals surface area contributed by atoms with Gasteiger partial charge in [0, 0.05) is 15.2 Å². The Morgan fingerprint density at radius 3 is 2.35 bits per heavy atom. The van der Waals surface area contributed by atoms with Crippen LogP contribution in [0.25, 0.3) is 0 Å². The molecular formula is C13H9F2IO. The Morgan fingerprint density at radius 1 is 1.00 bits per heavy atom. The Balaban J connectivity index is 2.44. The zero-order valence-corrected chi connectivity index (χ0v) is 10.9. The van der Waals surface area contributed by atoms with Crippen molar-refractivity contribution in [2.75, 3.05) is 0 Å². The molecule has 0 heterocycles. The highest BCUT2D eigenvalue weighted by atomic mass is 127. The molecule has 1 nitrogen and oxygen atoms in total. The second-order valence-electron chi connectivity index (χ2n) is 3.59. The molecule has 1 unspecified atom stereocenters. The van der Waals surface area contributed by atoms with Crippen molar-refractivity contribution in [1.29, 1.82) is 0 Å². The quantitative estimate of drug-likeness (QED) is 0.823. The second-order valence-corrected chi connectivity index (χ2v) is 4.75. The lowest BCUT2D eigenvalue weighted by Crippen LogP contribution is -2.04. The number of aliphatic hydroxyl groups excluding tert-OH is 1. The van der Waals surface area contributed by atoms with Crippen LogP contribution in [0.3, 0.4) is 0 Å². The van der Waals surface area contributed by atoms with Crippen molar-refractivity contribution in [2.24, 2.45) is 0 Å². The van der Waals surface area contributed by atoms with E-state index < -0.39 is 17.7 Å². The van der Waals surface area contributed by atoms with Crippen molar-refractivity contribution in [1.82, 2.24) is 0 Å². The molecule has 17 heavy (non-hydrogen) atoms. The molecule has 1 N–H and O–H groups in total. The van der Waals surface area contributed by atoms with Crippen LogP contribution < -0.4 is 0 Å². The Labute approximate surface area is 111 Å². The molecule has 4 heteroatoms. The van der Waals surface area contributed by atoms with E-state index in [1.807, 2.05) is 12.1 Å². The van der Waals surface area contributed by atoms with Gasteiger partial charge in [0.15, 0.2) is 0 Å². The van der Waals surface area contributed by atoms with Gasteiger partial charge in [-0.1, -0.05) is 24.3 Å². The molecule has 0 aliphatic heterocycles. The molecule has 0 amide bonds. The number of benzene rings is 2. The van der Waals surface area contributed by atoms with Crippen LogP contribution in [-0.2, 0) is 0 Å². The van der Waals surface area contributed by atoms with Gasteiger partial charge in [-0.15, -0.1) is 0 Å². The topological polar surface area (TPSA) is 20.2 Å². The van der Waals surface area contributed by atoms with Gasteiger partial charge in [-0.3, -0.25) is 0 Å². The molecule has 0 aliphatic rings. The summed E-state index contributed by atoms with van der Waals surface area (Å²) in [6, 6.07) is 10.3. The Kier molecular flexibility index (Phi) is 3.73. The highest BCUT2D eigenvalue weighted by Crippen LogP contribution is 2.27. The minimum absolute atomic E-state index is 0.0792. The normalized spacial score (nSPS) is 12.5. The van der Waals surface area contributed by atoms with Gasteiger partial charge in [-0.2, -0.15) is 0 Å². The summed E-state index contributed by atoms with van der Waals surface area (Å²) in [4.78, 5) is 0. The van der Waals surface area contributed by atoms with Crippen LogP contribution in [0.2, 0.25) is 0 Å². The molecule has 0 aliphatic carbocycles. The van der Waals surface area contributed by atoms with E-state index >= 15 is 0 Å². The first-order valence-electron chi connectivity index (χ1n) is 4.97. The maximum absolute atomic E-state index is 13.5. The van der Waals surface area contributed by atoms with Gasteiger partial charge in [0.2, 0.25) is 0 Å². The Bertz CT molecular complexity index is 543. The van der Waals surface area contributed by atoms with Gasteiger partial charge in [0.25, 0.3) is 0 Å². The summed E-state index contributed by atoms with van der Waals surface area (Å²) >= 11 is 2.06. The van der Waals surface area contributed by atoms with Crippen LogP contribution in [-0.4, -0.2) is 5.11 Å². The fourth-order valence-corrected chi connectivity index (χ4v) is 2.27. The number of aliphatic hydroxyl groups is 1. The molecule has 0 fully saturated rings. The number of halogens is 3. The molecule has 1 atom stereocenters. The van der Waals surface area contributed by atoms with Crippen LogP contribution in [0.5, 0.6) is 0 Å². The van der Waals surface area contributed by atoms with Crippen molar-refractivity contribution in [3.8, 4) is 0 Å². The highest BCUT2D eigenvalue weighted by Gasteiger charge is 2.17. The van der Waals surface area contributed by atoms with Crippen molar-refractivity contribution in [3.63, 3.8) is 0 Å². The average molecular weight is 346 g/mol. The minimum atomic E-state index is -1.08. The SMILES string of the molecule is OC(c1ccc(F)cc1F)c1ccccc1I. The maximum Gasteiger partial charge on any atom is 0.132 e. The molecule has 88 valence electrons. The molecule has 0 saturated carbocycles. The van der Waals surface area contributed by atoms with Crippen molar-refractivity contribution < 1.29 is 13.9 Å². The fraction of sp³-hybridized carbons (Fsp3) is 0.0769. The van der Waals surface area contributed by atoms with Crippen LogP contribution >= 0.6 is 22.6 Å². The largest absolute Gasteiger partial charge is 0.384 e. The van der Waals surface area contributed by atoms with E-state index in [9.17, 15) is 13.9 Å². The third kappa shape index (κ3) is 2.63. The van der Waals surface area contributed by atoms with E-state index in [1.165, 1.54) is 6.07 Å². The first kappa shape index (κ1) is 12.4. The van der Waals surface area contributed by atoms with Crippen LogP contribution in [0, 0.1) is 15.2 Å². The first-order chi connectivity index (χ1) is 8.09. The lowest BCUT2D eigenvalue weighted by Gasteiger charge is -2.14. The highest BCUT2D eigenvalue weighted by molar-refractivity contribution is 14.1. The predicted octanol–water partition coefficient (Wildman–Crippen LogP) is 3.65. The minimum Gasteiger partial charge on any atom is -0.384 e. The Morgan fingerprint density at radius 2 is 1.71 bits per heavy atom. The monoisotopic (exact) mass is 346 g/mol. The van der Waals surface area contributed by atoms with Crippen LogP contribution in [0.15, 0.2) is 42.5 Å². The van der Waals surface area contributed by atoms with Gasteiger partial charge < -0.3 is 5.11 Å². The molecule has 2 aromatic carbocycles. The third-order valence-electron chi connectivity index (χ3n) is 2.46. The summed E-state index contributed by atoms with van der Waals surface area (Å²) in [6.07, 6.45) is -1.08.